The Hall–Kier alpha value is -2.04. The summed E-state index contributed by atoms with van der Waals surface area (Å²) < 4.78 is 0. The highest BCUT2D eigenvalue weighted by molar-refractivity contribution is 5.94. The lowest BCUT2D eigenvalue weighted by molar-refractivity contribution is 0.0955. The summed E-state index contributed by atoms with van der Waals surface area (Å²) in [6.07, 6.45) is 8.20. The molecular weight excluding hydrogens is 324 g/mol. The van der Waals surface area contributed by atoms with Crippen LogP contribution in [-0.4, -0.2) is 49.5 Å². The summed E-state index contributed by atoms with van der Waals surface area (Å²) in [6.45, 7) is 6.38. The number of hydrogen-bond donors (Lipinski definition) is 2. The molecule has 1 aliphatic carbocycles. The Labute approximate surface area is 157 Å². The van der Waals surface area contributed by atoms with Crippen LogP contribution < -0.4 is 10.6 Å². The molecule has 0 radical (unpaired) electrons. The fraction of sp³-hybridized carbons (Fsp3) is 0.619. The molecule has 5 nitrogen and oxygen atoms in total. The lowest BCUT2D eigenvalue weighted by Gasteiger charge is -2.33. The Kier molecular flexibility index (Phi) is 6.53. The molecule has 1 aromatic rings. The largest absolute Gasteiger partial charge is 0.357 e. The molecule has 1 aliphatic heterocycles. The second-order valence-corrected chi connectivity index (χ2v) is 7.59. The molecule has 1 amide bonds. The third-order valence-electron chi connectivity index (χ3n) is 5.68. The molecule has 1 saturated heterocycles. The van der Waals surface area contributed by atoms with Gasteiger partial charge in [0.15, 0.2) is 5.96 Å². The molecule has 1 heterocycles. The Morgan fingerprint density at radius 2 is 1.88 bits per heavy atom. The third kappa shape index (κ3) is 4.77. The number of nitrogens with zero attached hydrogens (tertiary/aromatic N) is 2. The van der Waals surface area contributed by atoms with Crippen LogP contribution >= 0.6 is 0 Å². The molecule has 0 aromatic heterocycles. The van der Waals surface area contributed by atoms with E-state index in [0.717, 1.165) is 25.6 Å². The molecule has 5 heteroatoms. The fourth-order valence-electron chi connectivity index (χ4n) is 4.27. The van der Waals surface area contributed by atoms with Gasteiger partial charge in [0.2, 0.25) is 0 Å². The monoisotopic (exact) mass is 356 g/mol. The molecule has 0 atom stereocenters. The van der Waals surface area contributed by atoms with Gasteiger partial charge in [-0.25, -0.2) is 0 Å². The van der Waals surface area contributed by atoms with Crippen LogP contribution in [0.1, 0.15) is 55.8 Å². The molecule has 26 heavy (non-hydrogen) atoms. The lowest BCUT2D eigenvalue weighted by atomic mass is 9.73. The van der Waals surface area contributed by atoms with E-state index >= 15 is 0 Å². The van der Waals surface area contributed by atoms with Crippen molar-refractivity contribution in [3.05, 3.63) is 35.9 Å². The maximum absolute atomic E-state index is 12.1. The number of hydrogen-bond acceptors (Lipinski definition) is 2. The number of benzene rings is 1. The number of likely N-dealkylation sites (tertiary alicyclic amines) is 1. The minimum atomic E-state index is -0.0341. The maximum Gasteiger partial charge on any atom is 0.251 e. The smallest absolute Gasteiger partial charge is 0.251 e. The topological polar surface area (TPSA) is 56.7 Å². The molecule has 2 aliphatic rings. The van der Waals surface area contributed by atoms with Gasteiger partial charge < -0.3 is 15.5 Å². The van der Waals surface area contributed by atoms with Gasteiger partial charge in [0.1, 0.15) is 0 Å². The van der Waals surface area contributed by atoms with Gasteiger partial charge in [0.25, 0.3) is 5.91 Å². The number of carbonyl (C=O) groups is 1. The first-order valence-electron chi connectivity index (χ1n) is 10.1. The van der Waals surface area contributed by atoms with Crippen molar-refractivity contribution in [3.63, 3.8) is 0 Å². The number of rotatable bonds is 5. The summed E-state index contributed by atoms with van der Waals surface area (Å²) in [5.41, 5.74) is 1.22. The molecule has 1 spiro atoms. The zero-order chi connectivity index (χ0) is 18.2. The zero-order valence-electron chi connectivity index (χ0n) is 16.0. The third-order valence-corrected chi connectivity index (χ3v) is 5.68. The first kappa shape index (κ1) is 18.7. The van der Waals surface area contributed by atoms with Crippen molar-refractivity contribution in [2.45, 2.75) is 45.4 Å². The Morgan fingerprint density at radius 1 is 1.12 bits per heavy atom. The predicted octanol–water partition coefficient (Wildman–Crippen LogP) is 3.04. The van der Waals surface area contributed by atoms with E-state index in [1.54, 1.807) is 0 Å². The summed E-state index contributed by atoms with van der Waals surface area (Å²) in [7, 11) is 0. The average molecular weight is 357 g/mol. The number of aliphatic imine (C=N–C) groups is 1. The van der Waals surface area contributed by atoms with E-state index in [2.05, 4.69) is 22.5 Å². The highest BCUT2D eigenvalue weighted by Crippen LogP contribution is 2.43. The van der Waals surface area contributed by atoms with Crippen molar-refractivity contribution in [2.75, 3.05) is 32.7 Å². The molecule has 0 unspecified atom stereocenters. The summed E-state index contributed by atoms with van der Waals surface area (Å²) in [4.78, 5) is 19.3. The van der Waals surface area contributed by atoms with Crippen LogP contribution in [0.15, 0.2) is 35.3 Å². The standard InChI is InChI=1S/C21H32N4O/c1-2-22-20(25-16-13-21(17-25)11-7-4-8-12-21)24-15-14-23-19(26)18-9-5-3-6-10-18/h3,5-6,9-10H,2,4,7-8,11-17H2,1H3,(H,22,24)(H,23,26). The van der Waals surface area contributed by atoms with Crippen LogP contribution in [0, 0.1) is 5.41 Å². The fourth-order valence-corrected chi connectivity index (χ4v) is 4.27. The quantitative estimate of drug-likeness (QED) is 0.484. The lowest BCUT2D eigenvalue weighted by Crippen LogP contribution is -2.42. The van der Waals surface area contributed by atoms with Crippen LogP contribution in [0.4, 0.5) is 0 Å². The first-order valence-corrected chi connectivity index (χ1v) is 10.1. The highest BCUT2D eigenvalue weighted by atomic mass is 16.1. The maximum atomic E-state index is 12.1. The van der Waals surface area contributed by atoms with Gasteiger partial charge in [-0.3, -0.25) is 9.79 Å². The Bertz CT molecular complexity index is 608. The van der Waals surface area contributed by atoms with E-state index < -0.39 is 0 Å². The SMILES string of the molecule is CCNC(=NCCNC(=O)c1ccccc1)N1CCC2(CCCCC2)C1. The van der Waals surface area contributed by atoms with Gasteiger partial charge in [-0.05, 0) is 43.7 Å². The van der Waals surface area contributed by atoms with Crippen LogP contribution in [0.2, 0.25) is 0 Å². The first-order chi connectivity index (χ1) is 12.7. The second-order valence-electron chi connectivity index (χ2n) is 7.59. The van der Waals surface area contributed by atoms with Crippen molar-refractivity contribution in [3.8, 4) is 0 Å². The van der Waals surface area contributed by atoms with Crippen LogP contribution in [0.5, 0.6) is 0 Å². The van der Waals surface area contributed by atoms with E-state index in [0.29, 0.717) is 24.1 Å². The molecule has 1 aromatic carbocycles. The molecule has 3 rings (SSSR count). The van der Waals surface area contributed by atoms with E-state index in [-0.39, 0.29) is 5.91 Å². The predicted molar refractivity (Wildman–Crippen MR) is 106 cm³/mol. The van der Waals surface area contributed by atoms with Crippen molar-refractivity contribution in [1.29, 1.82) is 0 Å². The van der Waals surface area contributed by atoms with Crippen LogP contribution in [-0.2, 0) is 0 Å². The molecule has 0 bridgehead atoms. The van der Waals surface area contributed by atoms with Gasteiger partial charge in [0, 0.05) is 31.7 Å². The number of carbonyl (C=O) groups excluding carboxylic acids is 1. The van der Waals surface area contributed by atoms with Crippen LogP contribution in [0.25, 0.3) is 0 Å². The summed E-state index contributed by atoms with van der Waals surface area (Å²) in [5, 5.41) is 6.38. The molecular formula is C21H32N4O. The normalized spacial score (nSPS) is 19.6. The molecule has 2 fully saturated rings. The van der Waals surface area contributed by atoms with E-state index in [9.17, 15) is 4.79 Å². The van der Waals surface area contributed by atoms with Crippen molar-refractivity contribution < 1.29 is 4.79 Å². The van der Waals surface area contributed by atoms with Crippen LogP contribution in [0.3, 0.4) is 0 Å². The van der Waals surface area contributed by atoms with Gasteiger partial charge >= 0.3 is 0 Å². The second kappa shape index (κ2) is 9.06. The van der Waals surface area contributed by atoms with Crippen molar-refractivity contribution in [1.82, 2.24) is 15.5 Å². The van der Waals surface area contributed by atoms with Gasteiger partial charge in [-0.2, -0.15) is 0 Å². The van der Waals surface area contributed by atoms with E-state index in [1.165, 1.54) is 38.5 Å². The minimum Gasteiger partial charge on any atom is -0.357 e. The summed E-state index contributed by atoms with van der Waals surface area (Å²) in [5.74, 6) is 0.969. The van der Waals surface area contributed by atoms with Gasteiger partial charge in [-0.1, -0.05) is 37.5 Å². The minimum absolute atomic E-state index is 0.0341. The number of nitrogens with one attached hydrogen (secondary N) is 2. The van der Waals surface area contributed by atoms with Crippen molar-refractivity contribution >= 4 is 11.9 Å². The van der Waals surface area contributed by atoms with E-state index in [1.807, 2.05) is 30.3 Å². The summed E-state index contributed by atoms with van der Waals surface area (Å²) in [6, 6.07) is 9.33. The highest BCUT2D eigenvalue weighted by Gasteiger charge is 2.39. The summed E-state index contributed by atoms with van der Waals surface area (Å²) >= 11 is 0. The van der Waals surface area contributed by atoms with E-state index in [4.69, 9.17) is 4.99 Å². The van der Waals surface area contributed by atoms with Crippen molar-refractivity contribution in [2.24, 2.45) is 10.4 Å². The average Bonchev–Trinajstić information content (AvgIpc) is 3.08. The molecule has 2 N–H and O–H groups in total. The molecule has 142 valence electrons. The number of guanidine groups is 1. The van der Waals surface area contributed by atoms with Gasteiger partial charge in [-0.15, -0.1) is 0 Å². The Morgan fingerprint density at radius 3 is 2.62 bits per heavy atom. The van der Waals surface area contributed by atoms with Gasteiger partial charge in [0.05, 0.1) is 6.54 Å². The zero-order valence-corrected chi connectivity index (χ0v) is 16.0. The Balaban J connectivity index is 1.50. The molecule has 1 saturated carbocycles. The number of amides is 1.